The predicted octanol–water partition coefficient (Wildman–Crippen LogP) is 4.31. The Bertz CT molecular complexity index is 872. The molecular formula is C19H18F2N4S. The molecule has 1 aliphatic rings. The van der Waals surface area contributed by atoms with Crippen molar-refractivity contribution in [1.82, 2.24) is 15.3 Å². The van der Waals surface area contributed by atoms with Crippen molar-refractivity contribution in [2.24, 2.45) is 0 Å². The highest BCUT2D eigenvalue weighted by atomic mass is 32.1. The van der Waals surface area contributed by atoms with Crippen molar-refractivity contribution in [2.45, 2.75) is 18.9 Å². The van der Waals surface area contributed by atoms with Crippen LogP contribution in [0.5, 0.6) is 0 Å². The summed E-state index contributed by atoms with van der Waals surface area (Å²) in [7, 11) is 0. The summed E-state index contributed by atoms with van der Waals surface area (Å²) in [6.07, 6.45) is 5.31. The number of benzene rings is 1. The largest absolute Gasteiger partial charge is 0.359 e. The zero-order valence-electron chi connectivity index (χ0n) is 14.0. The Balaban J connectivity index is 1.78. The number of hydrogen-bond donors (Lipinski definition) is 2. The second-order valence-electron chi connectivity index (χ2n) is 6.20. The lowest BCUT2D eigenvalue weighted by atomic mass is 10.1. The number of nitrogens with zero attached hydrogens (tertiary/aromatic N) is 2. The van der Waals surface area contributed by atoms with Gasteiger partial charge in [0.1, 0.15) is 11.6 Å². The Labute approximate surface area is 154 Å². The van der Waals surface area contributed by atoms with Gasteiger partial charge in [0.2, 0.25) is 0 Å². The van der Waals surface area contributed by atoms with Gasteiger partial charge < -0.3 is 10.6 Å². The van der Waals surface area contributed by atoms with Gasteiger partial charge in [-0.25, -0.2) is 13.8 Å². The van der Waals surface area contributed by atoms with E-state index in [1.807, 2.05) is 12.1 Å². The molecule has 4 rings (SSSR count). The van der Waals surface area contributed by atoms with Gasteiger partial charge in [-0.15, -0.1) is 0 Å². The molecule has 0 aliphatic carbocycles. The van der Waals surface area contributed by atoms with Gasteiger partial charge in [-0.2, -0.15) is 0 Å². The van der Waals surface area contributed by atoms with Crippen LogP contribution in [0.1, 0.15) is 12.8 Å². The fourth-order valence-electron chi connectivity index (χ4n) is 3.12. The lowest BCUT2D eigenvalue weighted by Crippen LogP contribution is -2.35. The van der Waals surface area contributed by atoms with Gasteiger partial charge in [0.25, 0.3) is 0 Å². The summed E-state index contributed by atoms with van der Waals surface area (Å²) in [6.45, 7) is 1.91. The van der Waals surface area contributed by atoms with E-state index in [0.29, 0.717) is 16.9 Å². The number of aromatic nitrogens is 2. The van der Waals surface area contributed by atoms with Gasteiger partial charge in [0.15, 0.2) is 5.13 Å². The van der Waals surface area contributed by atoms with Gasteiger partial charge >= 0.3 is 0 Å². The summed E-state index contributed by atoms with van der Waals surface area (Å²) >= 11 is 1.41. The van der Waals surface area contributed by atoms with Crippen molar-refractivity contribution < 1.29 is 8.78 Å². The molecule has 3 heterocycles. The monoisotopic (exact) mass is 372 g/mol. The first-order valence-corrected chi connectivity index (χ1v) is 9.37. The van der Waals surface area contributed by atoms with Gasteiger partial charge in [-0.05, 0) is 55.8 Å². The second kappa shape index (κ2) is 7.47. The topological polar surface area (TPSA) is 49.8 Å². The smallest absolute Gasteiger partial charge is 0.184 e. The number of piperidine rings is 1. The summed E-state index contributed by atoms with van der Waals surface area (Å²) < 4.78 is 28.8. The number of nitrogens with one attached hydrogen (secondary N) is 2. The molecule has 0 unspecified atom stereocenters. The minimum absolute atomic E-state index is 0.0890. The first-order valence-electron chi connectivity index (χ1n) is 8.55. The third kappa shape index (κ3) is 3.45. The van der Waals surface area contributed by atoms with Crippen LogP contribution < -0.4 is 10.6 Å². The van der Waals surface area contributed by atoms with Crippen molar-refractivity contribution >= 4 is 16.5 Å². The zero-order valence-corrected chi connectivity index (χ0v) is 14.8. The molecule has 0 atom stereocenters. The highest BCUT2D eigenvalue weighted by Gasteiger charge is 2.22. The van der Waals surface area contributed by atoms with E-state index in [1.165, 1.54) is 29.5 Å². The second-order valence-corrected chi connectivity index (χ2v) is 7.20. The molecule has 7 heteroatoms. The van der Waals surface area contributed by atoms with E-state index in [4.69, 9.17) is 0 Å². The summed E-state index contributed by atoms with van der Waals surface area (Å²) in [5.74, 6) is -1.22. The SMILES string of the molecule is Fc1cccc(F)c1-c1nc(NC2CCNCC2)sc1-c1ccncc1. The molecule has 0 bridgehead atoms. The quantitative estimate of drug-likeness (QED) is 0.716. The number of thiazole rings is 1. The third-order valence-electron chi connectivity index (χ3n) is 4.44. The summed E-state index contributed by atoms with van der Waals surface area (Å²) in [5, 5.41) is 7.43. The van der Waals surface area contributed by atoms with Crippen LogP contribution in [-0.4, -0.2) is 29.1 Å². The molecule has 26 heavy (non-hydrogen) atoms. The van der Waals surface area contributed by atoms with E-state index in [9.17, 15) is 8.78 Å². The van der Waals surface area contributed by atoms with Crippen molar-refractivity contribution in [1.29, 1.82) is 0 Å². The van der Waals surface area contributed by atoms with Gasteiger partial charge in [0.05, 0.1) is 16.1 Å². The molecule has 0 spiro atoms. The minimum atomic E-state index is -0.612. The zero-order chi connectivity index (χ0) is 17.9. The summed E-state index contributed by atoms with van der Waals surface area (Å²) in [4.78, 5) is 9.31. The third-order valence-corrected chi connectivity index (χ3v) is 5.47. The highest BCUT2D eigenvalue weighted by molar-refractivity contribution is 7.19. The van der Waals surface area contributed by atoms with E-state index in [-0.39, 0.29) is 5.56 Å². The molecule has 1 aromatic carbocycles. The van der Waals surface area contributed by atoms with E-state index in [0.717, 1.165) is 36.4 Å². The first kappa shape index (κ1) is 17.1. The number of anilines is 1. The number of halogens is 2. The van der Waals surface area contributed by atoms with Gasteiger partial charge in [0, 0.05) is 18.4 Å². The van der Waals surface area contributed by atoms with Gasteiger partial charge in [-0.3, -0.25) is 4.98 Å². The minimum Gasteiger partial charge on any atom is -0.359 e. The van der Waals surface area contributed by atoms with Crippen LogP contribution >= 0.6 is 11.3 Å². The average molecular weight is 372 g/mol. The molecule has 1 saturated heterocycles. The molecule has 0 amide bonds. The number of pyridine rings is 1. The lowest BCUT2D eigenvalue weighted by molar-refractivity contribution is 0.479. The molecule has 1 fully saturated rings. The van der Waals surface area contributed by atoms with E-state index < -0.39 is 11.6 Å². The van der Waals surface area contributed by atoms with Crippen molar-refractivity contribution in [2.75, 3.05) is 18.4 Å². The van der Waals surface area contributed by atoms with Crippen LogP contribution in [-0.2, 0) is 0 Å². The average Bonchev–Trinajstić information content (AvgIpc) is 3.06. The maximum atomic E-state index is 14.4. The molecule has 1 aliphatic heterocycles. The molecule has 4 nitrogen and oxygen atoms in total. The Morgan fingerprint density at radius 2 is 1.73 bits per heavy atom. The molecule has 2 N–H and O–H groups in total. The van der Waals surface area contributed by atoms with Crippen LogP contribution in [0.2, 0.25) is 0 Å². The van der Waals surface area contributed by atoms with Crippen LogP contribution in [0.3, 0.4) is 0 Å². The fourth-order valence-corrected chi connectivity index (χ4v) is 4.17. The van der Waals surface area contributed by atoms with Crippen LogP contribution in [0, 0.1) is 11.6 Å². The van der Waals surface area contributed by atoms with Crippen LogP contribution in [0.4, 0.5) is 13.9 Å². The normalized spacial score (nSPS) is 15.2. The Morgan fingerprint density at radius 1 is 1.04 bits per heavy atom. The number of hydrogen-bond acceptors (Lipinski definition) is 5. The van der Waals surface area contributed by atoms with Crippen molar-refractivity contribution in [3.05, 3.63) is 54.4 Å². The van der Waals surface area contributed by atoms with Gasteiger partial charge in [-0.1, -0.05) is 17.4 Å². The predicted molar refractivity (Wildman–Crippen MR) is 100 cm³/mol. The molecule has 3 aromatic rings. The maximum absolute atomic E-state index is 14.4. The maximum Gasteiger partial charge on any atom is 0.184 e. The molecule has 134 valence electrons. The Kier molecular flexibility index (Phi) is 4.90. The van der Waals surface area contributed by atoms with Crippen molar-refractivity contribution in [3.63, 3.8) is 0 Å². The summed E-state index contributed by atoms with van der Waals surface area (Å²) in [5.41, 5.74) is 1.08. The lowest BCUT2D eigenvalue weighted by Gasteiger charge is -2.23. The Morgan fingerprint density at radius 3 is 2.42 bits per heavy atom. The van der Waals surface area contributed by atoms with E-state index >= 15 is 0 Å². The number of rotatable bonds is 4. The van der Waals surface area contributed by atoms with Crippen LogP contribution in [0.15, 0.2) is 42.7 Å². The highest BCUT2D eigenvalue weighted by Crippen LogP contribution is 2.41. The molecule has 0 radical (unpaired) electrons. The van der Waals surface area contributed by atoms with E-state index in [1.54, 1.807) is 12.4 Å². The summed E-state index contributed by atoms with van der Waals surface area (Å²) in [6, 6.07) is 7.84. The standard InChI is InChI=1S/C19H18F2N4S/c20-14-2-1-3-15(21)16(14)17-18(12-4-8-22-9-5-12)26-19(25-17)24-13-6-10-23-11-7-13/h1-5,8-9,13,23H,6-7,10-11H2,(H,24,25). The first-order chi connectivity index (χ1) is 12.7. The fraction of sp³-hybridized carbons (Fsp3) is 0.263. The Hall–Kier alpha value is -2.38. The molecule has 0 saturated carbocycles. The molecule has 2 aromatic heterocycles. The molecular weight excluding hydrogens is 354 g/mol. The van der Waals surface area contributed by atoms with Crippen molar-refractivity contribution in [3.8, 4) is 21.7 Å². The van der Waals surface area contributed by atoms with E-state index in [2.05, 4.69) is 20.6 Å². The van der Waals surface area contributed by atoms with Crippen LogP contribution in [0.25, 0.3) is 21.7 Å².